The highest BCUT2D eigenvalue weighted by Gasteiger charge is 2.09. The van der Waals surface area contributed by atoms with Gasteiger partial charge in [0.25, 0.3) is 0 Å². The Balaban J connectivity index is 0.000000921. The van der Waals surface area contributed by atoms with Crippen LogP contribution in [-0.2, 0) is 0 Å². The number of nitrogen functional groups attached to an aromatic ring is 1. The summed E-state index contributed by atoms with van der Waals surface area (Å²) >= 11 is 0. The van der Waals surface area contributed by atoms with E-state index in [1.807, 2.05) is 0 Å². The van der Waals surface area contributed by atoms with E-state index in [0.29, 0.717) is 11.8 Å². The quantitative estimate of drug-likeness (QED) is 0.735. The SMILES string of the molecule is CC(C)c1cccc(C(C)C)c1N.CO. The highest BCUT2D eigenvalue weighted by atomic mass is 16.2. The van der Waals surface area contributed by atoms with E-state index in [9.17, 15) is 0 Å². The van der Waals surface area contributed by atoms with Crippen LogP contribution < -0.4 is 5.73 Å². The molecular formula is C13H23NO. The second kappa shape index (κ2) is 6.46. The van der Waals surface area contributed by atoms with Crippen LogP contribution in [0.1, 0.15) is 50.7 Å². The fraction of sp³-hybridized carbons (Fsp3) is 0.538. The van der Waals surface area contributed by atoms with Gasteiger partial charge in [-0.3, -0.25) is 0 Å². The van der Waals surface area contributed by atoms with Gasteiger partial charge in [0.1, 0.15) is 0 Å². The van der Waals surface area contributed by atoms with Crippen molar-refractivity contribution in [3.63, 3.8) is 0 Å². The molecule has 0 bridgehead atoms. The monoisotopic (exact) mass is 209 g/mol. The number of nitrogens with two attached hydrogens (primary N) is 1. The van der Waals surface area contributed by atoms with Crippen molar-refractivity contribution in [2.45, 2.75) is 39.5 Å². The van der Waals surface area contributed by atoms with Gasteiger partial charge in [0.05, 0.1) is 0 Å². The highest BCUT2D eigenvalue weighted by molar-refractivity contribution is 5.56. The Bertz CT molecular complexity index is 266. The maximum absolute atomic E-state index is 7.00. The predicted molar refractivity (Wildman–Crippen MR) is 67.2 cm³/mol. The summed E-state index contributed by atoms with van der Waals surface area (Å²) in [6, 6.07) is 6.33. The lowest BCUT2D eigenvalue weighted by atomic mass is 9.93. The minimum Gasteiger partial charge on any atom is -0.400 e. The summed E-state index contributed by atoms with van der Waals surface area (Å²) in [7, 11) is 1.00. The molecule has 15 heavy (non-hydrogen) atoms. The Morgan fingerprint density at radius 3 is 1.53 bits per heavy atom. The van der Waals surface area contributed by atoms with Crippen LogP contribution in [0, 0.1) is 0 Å². The summed E-state index contributed by atoms with van der Waals surface area (Å²) in [6.45, 7) is 8.71. The Morgan fingerprint density at radius 2 is 1.27 bits per heavy atom. The molecular weight excluding hydrogens is 186 g/mol. The molecule has 0 saturated carbocycles. The van der Waals surface area contributed by atoms with Gasteiger partial charge < -0.3 is 10.8 Å². The van der Waals surface area contributed by atoms with Crippen LogP contribution in [0.15, 0.2) is 18.2 Å². The number of para-hydroxylation sites is 1. The Labute approximate surface area is 93.1 Å². The van der Waals surface area contributed by atoms with E-state index in [2.05, 4.69) is 45.9 Å². The molecule has 0 saturated heterocycles. The van der Waals surface area contributed by atoms with Crippen LogP contribution in [-0.4, -0.2) is 12.2 Å². The number of hydrogen-bond donors (Lipinski definition) is 2. The maximum atomic E-state index is 7.00. The van der Waals surface area contributed by atoms with E-state index >= 15 is 0 Å². The standard InChI is InChI=1S/C12H19N.CH4O/c1-8(2)10-6-5-7-11(9(3)4)12(10)13;1-2/h5-9H,13H2,1-4H3;2H,1H3. The van der Waals surface area contributed by atoms with Crippen LogP contribution in [0.3, 0.4) is 0 Å². The van der Waals surface area contributed by atoms with E-state index in [0.717, 1.165) is 12.8 Å². The normalized spacial score (nSPS) is 10.1. The molecule has 0 amide bonds. The molecule has 1 rings (SSSR count). The van der Waals surface area contributed by atoms with E-state index < -0.39 is 0 Å². The molecule has 0 aromatic heterocycles. The van der Waals surface area contributed by atoms with Crippen molar-refractivity contribution in [1.82, 2.24) is 0 Å². The topological polar surface area (TPSA) is 46.2 Å². The zero-order valence-corrected chi connectivity index (χ0v) is 10.4. The van der Waals surface area contributed by atoms with E-state index in [1.54, 1.807) is 0 Å². The molecule has 2 heteroatoms. The zero-order valence-electron chi connectivity index (χ0n) is 10.4. The van der Waals surface area contributed by atoms with Gasteiger partial charge in [0.2, 0.25) is 0 Å². The third-order valence-electron chi connectivity index (χ3n) is 2.42. The molecule has 0 aliphatic carbocycles. The van der Waals surface area contributed by atoms with Gasteiger partial charge in [0.15, 0.2) is 0 Å². The van der Waals surface area contributed by atoms with Crippen molar-refractivity contribution in [2.75, 3.05) is 12.8 Å². The van der Waals surface area contributed by atoms with Crippen LogP contribution in [0.25, 0.3) is 0 Å². The smallest absolute Gasteiger partial charge is 0.0384 e. The molecule has 86 valence electrons. The first kappa shape index (κ1) is 14.0. The molecule has 0 heterocycles. The molecule has 3 N–H and O–H groups in total. The fourth-order valence-electron chi connectivity index (χ4n) is 1.61. The summed E-state index contributed by atoms with van der Waals surface area (Å²) in [6.07, 6.45) is 0. The average Bonchev–Trinajstić information content (AvgIpc) is 2.20. The van der Waals surface area contributed by atoms with Crippen LogP contribution in [0.5, 0.6) is 0 Å². The van der Waals surface area contributed by atoms with Gasteiger partial charge >= 0.3 is 0 Å². The number of aliphatic hydroxyl groups is 1. The van der Waals surface area contributed by atoms with Crippen molar-refractivity contribution >= 4 is 5.69 Å². The summed E-state index contributed by atoms with van der Waals surface area (Å²) in [5.74, 6) is 1.03. The molecule has 0 unspecified atom stereocenters. The molecule has 1 aromatic carbocycles. The van der Waals surface area contributed by atoms with Crippen LogP contribution in [0.2, 0.25) is 0 Å². The molecule has 0 radical (unpaired) electrons. The van der Waals surface area contributed by atoms with Gasteiger partial charge in [-0.1, -0.05) is 45.9 Å². The van der Waals surface area contributed by atoms with Gasteiger partial charge in [-0.05, 0) is 23.0 Å². The van der Waals surface area contributed by atoms with Crippen LogP contribution in [0.4, 0.5) is 5.69 Å². The van der Waals surface area contributed by atoms with E-state index in [-0.39, 0.29) is 0 Å². The molecule has 1 aromatic rings. The van der Waals surface area contributed by atoms with E-state index in [1.165, 1.54) is 11.1 Å². The van der Waals surface area contributed by atoms with Crippen molar-refractivity contribution < 1.29 is 5.11 Å². The number of anilines is 1. The van der Waals surface area contributed by atoms with Crippen molar-refractivity contribution in [2.24, 2.45) is 0 Å². The second-order valence-corrected chi connectivity index (χ2v) is 4.16. The maximum Gasteiger partial charge on any atom is 0.0384 e. The van der Waals surface area contributed by atoms with Crippen molar-refractivity contribution in [3.05, 3.63) is 29.3 Å². The summed E-state index contributed by atoms with van der Waals surface area (Å²) in [4.78, 5) is 0. The van der Waals surface area contributed by atoms with Gasteiger partial charge in [-0.15, -0.1) is 0 Å². The third kappa shape index (κ3) is 3.56. The zero-order chi connectivity index (χ0) is 12.0. The Kier molecular flexibility index (Phi) is 6.02. The minimum atomic E-state index is 0.513. The first-order valence-electron chi connectivity index (χ1n) is 5.37. The molecule has 0 aliphatic heterocycles. The lowest BCUT2D eigenvalue weighted by Crippen LogP contribution is -2.02. The summed E-state index contributed by atoms with van der Waals surface area (Å²) < 4.78 is 0. The Hall–Kier alpha value is -1.02. The first-order chi connectivity index (χ1) is 7.04. The minimum absolute atomic E-state index is 0.513. The fourth-order valence-corrected chi connectivity index (χ4v) is 1.61. The van der Waals surface area contributed by atoms with Gasteiger partial charge in [-0.2, -0.15) is 0 Å². The Morgan fingerprint density at radius 1 is 0.933 bits per heavy atom. The first-order valence-corrected chi connectivity index (χ1v) is 5.37. The number of benzene rings is 1. The number of rotatable bonds is 2. The lowest BCUT2D eigenvalue weighted by Gasteiger charge is -2.15. The largest absolute Gasteiger partial charge is 0.400 e. The average molecular weight is 209 g/mol. The van der Waals surface area contributed by atoms with Gasteiger partial charge in [0, 0.05) is 12.8 Å². The molecule has 0 fully saturated rings. The predicted octanol–water partition coefficient (Wildman–Crippen LogP) is 3.12. The van der Waals surface area contributed by atoms with Gasteiger partial charge in [-0.25, -0.2) is 0 Å². The molecule has 0 aliphatic rings. The summed E-state index contributed by atoms with van der Waals surface area (Å²) in [5, 5.41) is 7.00. The number of aliphatic hydroxyl groups excluding tert-OH is 1. The molecule has 2 nitrogen and oxygen atoms in total. The van der Waals surface area contributed by atoms with Crippen molar-refractivity contribution in [1.29, 1.82) is 0 Å². The second-order valence-electron chi connectivity index (χ2n) is 4.16. The molecule has 0 spiro atoms. The summed E-state index contributed by atoms with van der Waals surface area (Å²) in [5.41, 5.74) is 9.60. The lowest BCUT2D eigenvalue weighted by molar-refractivity contribution is 0.399. The third-order valence-corrected chi connectivity index (χ3v) is 2.42. The van der Waals surface area contributed by atoms with Crippen LogP contribution >= 0.6 is 0 Å². The highest BCUT2D eigenvalue weighted by Crippen LogP contribution is 2.29. The van der Waals surface area contributed by atoms with Crippen molar-refractivity contribution in [3.8, 4) is 0 Å². The van der Waals surface area contributed by atoms with E-state index in [4.69, 9.17) is 10.8 Å². The molecule has 0 atom stereocenters. The number of hydrogen-bond acceptors (Lipinski definition) is 2.